The Morgan fingerprint density at radius 1 is 1.14 bits per heavy atom. The van der Waals surface area contributed by atoms with E-state index >= 15 is 0 Å². The van der Waals surface area contributed by atoms with E-state index in [0.29, 0.717) is 0 Å². The van der Waals surface area contributed by atoms with Gasteiger partial charge < -0.3 is 4.90 Å². The number of carbonyl (C=O) groups excluding carboxylic acids is 1. The number of carbonyl (C=O) groups is 1. The zero-order chi connectivity index (χ0) is 20.3. The van der Waals surface area contributed by atoms with Crippen molar-refractivity contribution in [3.05, 3.63) is 59.4 Å². The first-order chi connectivity index (χ1) is 13.3. The molecule has 1 aliphatic carbocycles. The summed E-state index contributed by atoms with van der Waals surface area (Å²) in [4.78, 5) is 14.5. The molecule has 150 valence electrons. The highest BCUT2D eigenvalue weighted by molar-refractivity contribution is 7.92. The van der Waals surface area contributed by atoms with E-state index < -0.39 is 15.8 Å². The second-order valence-corrected chi connectivity index (χ2v) is 9.14. The number of halogens is 2. The molecule has 1 fully saturated rings. The maximum absolute atomic E-state index is 13.6. The van der Waals surface area contributed by atoms with E-state index in [0.717, 1.165) is 36.1 Å². The maximum atomic E-state index is 13.6. The van der Waals surface area contributed by atoms with Crippen LogP contribution >= 0.6 is 11.6 Å². The van der Waals surface area contributed by atoms with E-state index in [1.807, 2.05) is 0 Å². The molecule has 5 nitrogen and oxygen atoms in total. The maximum Gasteiger partial charge on any atom is 0.264 e. The molecular formula is C20H22ClFN2O3S. The Labute approximate surface area is 169 Å². The predicted molar refractivity (Wildman–Crippen MR) is 107 cm³/mol. The average molecular weight is 425 g/mol. The number of nitrogens with zero attached hydrogens (tertiary/aromatic N) is 2. The molecule has 0 aliphatic heterocycles. The molecule has 8 heteroatoms. The van der Waals surface area contributed by atoms with Crippen molar-refractivity contribution < 1.29 is 17.6 Å². The molecule has 0 atom stereocenters. The minimum Gasteiger partial charge on any atom is -0.341 e. The molecule has 0 spiro atoms. The number of benzene rings is 2. The quantitative estimate of drug-likeness (QED) is 0.702. The van der Waals surface area contributed by atoms with Crippen LogP contribution in [0.3, 0.4) is 0 Å². The molecule has 0 heterocycles. The van der Waals surface area contributed by atoms with Crippen molar-refractivity contribution in [2.24, 2.45) is 0 Å². The van der Waals surface area contributed by atoms with E-state index in [9.17, 15) is 17.6 Å². The molecule has 0 aromatic heterocycles. The lowest BCUT2D eigenvalue weighted by atomic mass is 10.2. The minimum absolute atomic E-state index is 0.0479. The molecule has 0 saturated heterocycles. The molecule has 1 amide bonds. The van der Waals surface area contributed by atoms with Crippen LogP contribution in [0.1, 0.15) is 25.7 Å². The molecule has 2 aromatic carbocycles. The molecule has 28 heavy (non-hydrogen) atoms. The SMILES string of the molecule is CN(C(=O)CN(c1ccc(F)c(Cl)c1)S(=O)(=O)c1ccccc1)C1CCCC1. The van der Waals surface area contributed by atoms with Gasteiger partial charge in [0, 0.05) is 13.1 Å². The zero-order valence-electron chi connectivity index (χ0n) is 15.5. The van der Waals surface area contributed by atoms with Gasteiger partial charge in [-0.1, -0.05) is 42.6 Å². The Kier molecular flexibility index (Phi) is 6.25. The fourth-order valence-electron chi connectivity index (χ4n) is 3.40. The second kappa shape index (κ2) is 8.49. The van der Waals surface area contributed by atoms with Crippen molar-refractivity contribution in [2.45, 2.75) is 36.6 Å². The van der Waals surface area contributed by atoms with Gasteiger partial charge in [-0.05, 0) is 43.2 Å². The minimum atomic E-state index is -4.03. The summed E-state index contributed by atoms with van der Waals surface area (Å²) in [5.41, 5.74) is 0.142. The van der Waals surface area contributed by atoms with E-state index in [4.69, 9.17) is 11.6 Å². The Morgan fingerprint density at radius 2 is 1.79 bits per heavy atom. The highest BCUT2D eigenvalue weighted by Gasteiger charge is 2.31. The topological polar surface area (TPSA) is 57.7 Å². The third kappa shape index (κ3) is 4.31. The van der Waals surface area contributed by atoms with Crippen LogP contribution in [-0.4, -0.2) is 38.9 Å². The Balaban J connectivity index is 1.97. The number of sulfonamides is 1. The van der Waals surface area contributed by atoms with Crippen LogP contribution in [-0.2, 0) is 14.8 Å². The van der Waals surface area contributed by atoms with Crippen molar-refractivity contribution in [1.82, 2.24) is 4.90 Å². The summed E-state index contributed by atoms with van der Waals surface area (Å²) >= 11 is 5.86. The third-order valence-corrected chi connectivity index (χ3v) is 7.14. The Bertz CT molecular complexity index is 947. The Hall–Kier alpha value is -2.12. The number of hydrogen-bond acceptors (Lipinski definition) is 3. The van der Waals surface area contributed by atoms with Crippen LogP contribution < -0.4 is 4.31 Å². The molecular weight excluding hydrogens is 403 g/mol. The van der Waals surface area contributed by atoms with Crippen LogP contribution in [0, 0.1) is 5.82 Å². The number of hydrogen-bond donors (Lipinski definition) is 0. The normalized spacial score (nSPS) is 14.8. The molecule has 0 N–H and O–H groups in total. The summed E-state index contributed by atoms with van der Waals surface area (Å²) in [5, 5.41) is -0.206. The lowest BCUT2D eigenvalue weighted by Crippen LogP contribution is -2.44. The second-order valence-electron chi connectivity index (χ2n) is 6.87. The molecule has 1 aliphatic rings. The van der Waals surface area contributed by atoms with Crippen LogP contribution in [0.25, 0.3) is 0 Å². The summed E-state index contributed by atoms with van der Waals surface area (Å²) in [6, 6.07) is 11.6. The van der Waals surface area contributed by atoms with Gasteiger partial charge in [0.2, 0.25) is 5.91 Å². The molecule has 3 rings (SSSR count). The smallest absolute Gasteiger partial charge is 0.264 e. The number of anilines is 1. The number of amides is 1. The number of likely N-dealkylation sites (N-methyl/N-ethyl adjacent to an activating group) is 1. The zero-order valence-corrected chi connectivity index (χ0v) is 17.1. The predicted octanol–water partition coefficient (Wildman–Crippen LogP) is 4.08. The highest BCUT2D eigenvalue weighted by atomic mass is 35.5. The first-order valence-corrected chi connectivity index (χ1v) is 10.9. The lowest BCUT2D eigenvalue weighted by Gasteiger charge is -2.29. The summed E-state index contributed by atoms with van der Waals surface area (Å²) in [6.45, 7) is -0.383. The fraction of sp³-hybridized carbons (Fsp3) is 0.350. The standard InChI is InChI=1S/C20H22ClFN2O3S/c1-23(15-7-5-6-8-15)20(25)14-24(16-11-12-19(22)18(21)13-16)28(26,27)17-9-3-2-4-10-17/h2-4,9-13,15H,5-8,14H2,1H3. The largest absolute Gasteiger partial charge is 0.341 e. The van der Waals surface area contributed by atoms with Crippen LogP contribution in [0.15, 0.2) is 53.4 Å². The summed E-state index contributed by atoms with van der Waals surface area (Å²) < 4.78 is 41.0. The van der Waals surface area contributed by atoms with Crippen molar-refractivity contribution in [2.75, 3.05) is 17.9 Å². The molecule has 1 saturated carbocycles. The molecule has 0 bridgehead atoms. The molecule has 2 aromatic rings. The van der Waals surface area contributed by atoms with E-state index in [-0.39, 0.29) is 34.1 Å². The Morgan fingerprint density at radius 3 is 2.39 bits per heavy atom. The van der Waals surface area contributed by atoms with Gasteiger partial charge in [-0.3, -0.25) is 9.10 Å². The third-order valence-electron chi connectivity index (χ3n) is 5.07. The van der Waals surface area contributed by atoms with Crippen LogP contribution in [0.2, 0.25) is 5.02 Å². The van der Waals surface area contributed by atoms with Crippen LogP contribution in [0.5, 0.6) is 0 Å². The number of rotatable bonds is 6. The first kappa shape index (κ1) is 20.6. The monoisotopic (exact) mass is 424 g/mol. The van der Waals surface area contributed by atoms with Gasteiger partial charge in [-0.2, -0.15) is 0 Å². The van der Waals surface area contributed by atoms with Gasteiger partial charge >= 0.3 is 0 Å². The van der Waals surface area contributed by atoms with Gasteiger partial charge in [-0.15, -0.1) is 0 Å². The summed E-state index contributed by atoms with van der Waals surface area (Å²) in [5.74, 6) is -0.969. The summed E-state index contributed by atoms with van der Waals surface area (Å²) in [7, 11) is -2.33. The van der Waals surface area contributed by atoms with E-state index in [2.05, 4.69) is 0 Å². The fourth-order valence-corrected chi connectivity index (χ4v) is 5.01. The van der Waals surface area contributed by atoms with Gasteiger partial charge in [-0.25, -0.2) is 12.8 Å². The highest BCUT2D eigenvalue weighted by Crippen LogP contribution is 2.28. The van der Waals surface area contributed by atoms with E-state index in [1.54, 1.807) is 30.1 Å². The van der Waals surface area contributed by atoms with Crippen molar-refractivity contribution in [1.29, 1.82) is 0 Å². The summed E-state index contributed by atoms with van der Waals surface area (Å²) in [6.07, 6.45) is 3.94. The van der Waals surface area contributed by atoms with E-state index in [1.165, 1.54) is 24.3 Å². The lowest BCUT2D eigenvalue weighted by molar-refractivity contribution is -0.130. The van der Waals surface area contributed by atoms with Crippen molar-refractivity contribution in [3.63, 3.8) is 0 Å². The molecule has 0 unspecified atom stereocenters. The van der Waals surface area contributed by atoms with Crippen LogP contribution in [0.4, 0.5) is 10.1 Å². The first-order valence-electron chi connectivity index (χ1n) is 9.09. The van der Waals surface area contributed by atoms with Crippen molar-refractivity contribution in [3.8, 4) is 0 Å². The van der Waals surface area contributed by atoms with Gasteiger partial charge in [0.1, 0.15) is 12.4 Å². The van der Waals surface area contributed by atoms with Crippen molar-refractivity contribution >= 4 is 33.2 Å². The van der Waals surface area contributed by atoms with Gasteiger partial charge in [0.05, 0.1) is 15.6 Å². The van der Waals surface area contributed by atoms with Gasteiger partial charge in [0.15, 0.2) is 0 Å². The van der Waals surface area contributed by atoms with Gasteiger partial charge in [0.25, 0.3) is 10.0 Å². The molecule has 0 radical (unpaired) electrons. The average Bonchev–Trinajstić information content (AvgIpc) is 3.23.